The number of carbonyl (C=O) groups excluding carboxylic acids is 1. The maximum Gasteiger partial charge on any atom is 0.323 e. The lowest BCUT2D eigenvalue weighted by molar-refractivity contribution is -0.148. The van der Waals surface area contributed by atoms with E-state index in [1.54, 1.807) is 17.6 Å². The average Bonchev–Trinajstić information content (AvgIpc) is 3.20. The molecule has 3 rings (SSSR count). The highest BCUT2D eigenvalue weighted by molar-refractivity contribution is 7.13. The van der Waals surface area contributed by atoms with Crippen molar-refractivity contribution in [2.75, 3.05) is 13.2 Å². The molecule has 1 atom stereocenters. The number of hydrogen-bond donors (Lipinski definition) is 0. The fraction of sp³-hybridized carbons (Fsp3) is 0.467. The zero-order chi connectivity index (χ0) is 14.7. The number of esters is 1. The molecule has 0 spiro atoms. The van der Waals surface area contributed by atoms with Gasteiger partial charge in [0.25, 0.3) is 0 Å². The number of ether oxygens (including phenoxy) is 1. The second kappa shape index (κ2) is 6.41. The van der Waals surface area contributed by atoms with Gasteiger partial charge in [-0.05, 0) is 37.8 Å². The van der Waals surface area contributed by atoms with Crippen molar-refractivity contribution in [3.05, 3.63) is 29.5 Å². The third kappa shape index (κ3) is 3.16. The number of carbonyl (C=O) groups is 1. The molecule has 1 fully saturated rings. The van der Waals surface area contributed by atoms with Crippen molar-refractivity contribution < 1.29 is 13.9 Å². The van der Waals surface area contributed by atoms with E-state index in [2.05, 4.69) is 9.88 Å². The van der Waals surface area contributed by atoms with E-state index >= 15 is 0 Å². The molecule has 0 aliphatic carbocycles. The summed E-state index contributed by atoms with van der Waals surface area (Å²) < 4.78 is 10.7. The Morgan fingerprint density at radius 3 is 3.29 bits per heavy atom. The maximum atomic E-state index is 11.9. The van der Waals surface area contributed by atoms with Gasteiger partial charge in [-0.25, -0.2) is 4.98 Å². The van der Waals surface area contributed by atoms with Crippen LogP contribution in [0.15, 0.2) is 28.2 Å². The van der Waals surface area contributed by atoms with Crippen molar-refractivity contribution in [1.29, 1.82) is 0 Å². The van der Waals surface area contributed by atoms with Gasteiger partial charge in [-0.2, -0.15) is 0 Å². The number of aromatic nitrogens is 1. The molecule has 1 unspecified atom stereocenters. The molecule has 0 radical (unpaired) electrons. The zero-order valence-electron chi connectivity index (χ0n) is 11.9. The van der Waals surface area contributed by atoms with Crippen molar-refractivity contribution >= 4 is 17.3 Å². The van der Waals surface area contributed by atoms with E-state index in [-0.39, 0.29) is 12.0 Å². The first-order valence-electron chi connectivity index (χ1n) is 7.17. The fourth-order valence-corrected chi connectivity index (χ4v) is 3.28. The van der Waals surface area contributed by atoms with Crippen LogP contribution in [-0.4, -0.2) is 35.0 Å². The summed E-state index contributed by atoms with van der Waals surface area (Å²) in [5, 5.41) is 2.00. The molecule has 0 saturated carbocycles. The molecule has 5 nitrogen and oxygen atoms in total. The van der Waals surface area contributed by atoms with Crippen molar-refractivity contribution in [1.82, 2.24) is 9.88 Å². The van der Waals surface area contributed by atoms with Gasteiger partial charge in [-0.3, -0.25) is 9.69 Å². The first kappa shape index (κ1) is 14.3. The summed E-state index contributed by atoms with van der Waals surface area (Å²) in [5.74, 6) is 0.517. The molecule has 0 amide bonds. The molecule has 1 saturated heterocycles. The van der Waals surface area contributed by atoms with Gasteiger partial charge >= 0.3 is 5.97 Å². The molecule has 0 N–H and O–H groups in total. The molecule has 3 heterocycles. The van der Waals surface area contributed by atoms with Crippen LogP contribution < -0.4 is 0 Å². The van der Waals surface area contributed by atoms with Crippen LogP contribution in [0.25, 0.3) is 10.8 Å². The molecular formula is C15H18N2O3S. The Morgan fingerprint density at radius 1 is 1.62 bits per heavy atom. The van der Waals surface area contributed by atoms with Gasteiger partial charge in [0, 0.05) is 6.54 Å². The Hall–Kier alpha value is -1.66. The Morgan fingerprint density at radius 2 is 2.52 bits per heavy atom. The average molecular weight is 306 g/mol. The Bertz CT molecular complexity index is 594. The van der Waals surface area contributed by atoms with E-state index in [0.29, 0.717) is 19.0 Å². The van der Waals surface area contributed by atoms with Gasteiger partial charge in [0.2, 0.25) is 5.89 Å². The highest BCUT2D eigenvalue weighted by Crippen LogP contribution is 2.26. The minimum Gasteiger partial charge on any atom is -0.465 e. The predicted octanol–water partition coefficient (Wildman–Crippen LogP) is 2.93. The molecular weight excluding hydrogens is 288 g/mol. The molecule has 2 aromatic heterocycles. The normalized spacial score (nSPS) is 19.0. The van der Waals surface area contributed by atoms with Gasteiger partial charge < -0.3 is 9.15 Å². The van der Waals surface area contributed by atoms with E-state index < -0.39 is 0 Å². The number of oxazole rings is 1. The number of likely N-dealkylation sites (tertiary alicyclic amines) is 1. The Labute approximate surface area is 127 Å². The summed E-state index contributed by atoms with van der Waals surface area (Å²) in [6, 6.07) is 3.81. The number of thiophene rings is 1. The van der Waals surface area contributed by atoms with Crippen molar-refractivity contribution in [3.8, 4) is 10.8 Å². The summed E-state index contributed by atoms with van der Waals surface area (Å²) in [7, 11) is 0. The SMILES string of the molecule is CCOC(=O)C1CCCN1Cc1coc(-c2cccs2)n1. The third-order valence-electron chi connectivity index (χ3n) is 3.57. The molecule has 2 aromatic rings. The Balaban J connectivity index is 1.67. The van der Waals surface area contributed by atoms with E-state index in [1.165, 1.54) is 0 Å². The molecule has 21 heavy (non-hydrogen) atoms. The van der Waals surface area contributed by atoms with Crippen LogP contribution in [0.4, 0.5) is 0 Å². The quantitative estimate of drug-likeness (QED) is 0.795. The monoisotopic (exact) mass is 306 g/mol. The van der Waals surface area contributed by atoms with E-state index in [4.69, 9.17) is 9.15 Å². The molecule has 6 heteroatoms. The van der Waals surface area contributed by atoms with Gasteiger partial charge in [0.1, 0.15) is 12.3 Å². The number of rotatable bonds is 5. The zero-order valence-corrected chi connectivity index (χ0v) is 12.8. The molecule has 1 aliphatic rings. The van der Waals surface area contributed by atoms with Crippen LogP contribution in [0.1, 0.15) is 25.5 Å². The summed E-state index contributed by atoms with van der Waals surface area (Å²) in [6.07, 6.45) is 3.54. The van der Waals surface area contributed by atoms with Crippen molar-refractivity contribution in [2.45, 2.75) is 32.4 Å². The van der Waals surface area contributed by atoms with Gasteiger partial charge in [0.05, 0.1) is 17.2 Å². The fourth-order valence-electron chi connectivity index (χ4n) is 2.62. The van der Waals surface area contributed by atoms with Gasteiger partial charge in [0.15, 0.2) is 0 Å². The lowest BCUT2D eigenvalue weighted by Gasteiger charge is -2.21. The summed E-state index contributed by atoms with van der Waals surface area (Å²) in [6.45, 7) is 3.78. The first-order valence-corrected chi connectivity index (χ1v) is 8.05. The van der Waals surface area contributed by atoms with Gasteiger partial charge in [-0.15, -0.1) is 11.3 Å². The first-order chi connectivity index (χ1) is 10.3. The molecule has 0 aromatic carbocycles. The topological polar surface area (TPSA) is 55.6 Å². The predicted molar refractivity (Wildman–Crippen MR) is 79.9 cm³/mol. The second-order valence-electron chi connectivity index (χ2n) is 5.00. The molecule has 0 bridgehead atoms. The minimum absolute atomic E-state index is 0.128. The van der Waals surface area contributed by atoms with Crippen molar-refractivity contribution in [2.24, 2.45) is 0 Å². The standard InChI is InChI=1S/C15H18N2O3S/c1-2-19-15(18)12-5-3-7-17(12)9-11-10-20-14(16-11)13-6-4-8-21-13/h4,6,8,10,12H,2-3,5,7,9H2,1H3. The molecule has 1 aliphatic heterocycles. The summed E-state index contributed by atoms with van der Waals surface area (Å²) in [5.41, 5.74) is 0.856. The van der Waals surface area contributed by atoms with E-state index in [0.717, 1.165) is 30.0 Å². The van der Waals surface area contributed by atoms with Crippen molar-refractivity contribution in [3.63, 3.8) is 0 Å². The van der Waals surface area contributed by atoms with Crippen LogP contribution in [0.5, 0.6) is 0 Å². The van der Waals surface area contributed by atoms with Crippen LogP contribution in [0.2, 0.25) is 0 Å². The third-order valence-corrected chi connectivity index (χ3v) is 4.43. The van der Waals surface area contributed by atoms with Crippen LogP contribution in [-0.2, 0) is 16.1 Å². The molecule has 112 valence electrons. The Kier molecular flexibility index (Phi) is 4.36. The summed E-state index contributed by atoms with van der Waals surface area (Å²) in [4.78, 5) is 19.6. The smallest absolute Gasteiger partial charge is 0.323 e. The largest absolute Gasteiger partial charge is 0.465 e. The van der Waals surface area contributed by atoms with Gasteiger partial charge in [-0.1, -0.05) is 6.07 Å². The number of hydrogen-bond acceptors (Lipinski definition) is 6. The van der Waals surface area contributed by atoms with Crippen LogP contribution >= 0.6 is 11.3 Å². The lowest BCUT2D eigenvalue weighted by Crippen LogP contribution is -2.36. The highest BCUT2D eigenvalue weighted by atomic mass is 32.1. The van der Waals surface area contributed by atoms with E-state index in [9.17, 15) is 4.79 Å². The highest BCUT2D eigenvalue weighted by Gasteiger charge is 2.32. The number of nitrogens with zero attached hydrogens (tertiary/aromatic N) is 2. The van der Waals surface area contributed by atoms with Crippen LogP contribution in [0.3, 0.4) is 0 Å². The summed E-state index contributed by atoms with van der Waals surface area (Å²) >= 11 is 1.60. The maximum absolute atomic E-state index is 11.9. The van der Waals surface area contributed by atoms with Crippen LogP contribution in [0, 0.1) is 0 Å². The second-order valence-corrected chi connectivity index (χ2v) is 5.95. The van der Waals surface area contributed by atoms with E-state index in [1.807, 2.05) is 24.4 Å². The lowest BCUT2D eigenvalue weighted by atomic mass is 10.2. The minimum atomic E-state index is -0.146.